The average Bonchev–Trinajstić information content (AvgIpc) is 2.10. The largest absolute Gasteiger partial charge is 0.279 e. The fourth-order valence-electron chi connectivity index (χ4n) is 0.900. The van der Waals surface area contributed by atoms with Crippen molar-refractivity contribution in [2.24, 2.45) is 0 Å². The minimum Gasteiger partial charge on any atom is -0.279 e. The molecule has 0 aliphatic rings. The van der Waals surface area contributed by atoms with Gasteiger partial charge in [0.05, 0.1) is 11.8 Å². The van der Waals surface area contributed by atoms with Gasteiger partial charge in [-0.3, -0.25) is 4.79 Å². The Morgan fingerprint density at radius 3 is 2.36 bits per heavy atom. The number of carbonyl (C=O) groups excluding carboxylic acids is 1. The molecule has 0 heterocycles. The van der Waals surface area contributed by atoms with Crippen LogP contribution in [0, 0.1) is 0 Å². The van der Waals surface area contributed by atoms with Crippen LogP contribution in [0.25, 0.3) is 0 Å². The second kappa shape index (κ2) is 6.37. The van der Waals surface area contributed by atoms with Crippen LogP contribution in [0.15, 0.2) is 0 Å². The third-order valence-electron chi connectivity index (χ3n) is 1.77. The highest BCUT2D eigenvalue weighted by atomic mass is 35.5. The average molecular weight is 242 g/mol. The van der Waals surface area contributed by atoms with Gasteiger partial charge in [0, 0.05) is 0 Å². The lowest BCUT2D eigenvalue weighted by Crippen LogP contribution is -2.39. The molecule has 0 aliphatic heterocycles. The summed E-state index contributed by atoms with van der Waals surface area (Å²) >= 11 is 5.22. The van der Waals surface area contributed by atoms with Gasteiger partial charge in [-0.05, 0) is 24.4 Å². The third kappa shape index (κ3) is 5.57. The van der Waals surface area contributed by atoms with E-state index >= 15 is 0 Å². The van der Waals surface area contributed by atoms with Gasteiger partial charge in [-0.1, -0.05) is 20.3 Å². The molecule has 0 aromatic carbocycles. The zero-order chi connectivity index (χ0) is 11.2. The van der Waals surface area contributed by atoms with Gasteiger partial charge < -0.3 is 0 Å². The molecule has 0 spiro atoms. The lowest BCUT2D eigenvalue weighted by molar-refractivity contribution is -0.113. The Labute approximate surface area is 90.1 Å². The number of hydrogen-bond donors (Lipinski definition) is 1. The van der Waals surface area contributed by atoms with Crippen molar-refractivity contribution in [1.29, 1.82) is 0 Å². The summed E-state index contributed by atoms with van der Waals surface area (Å²) in [7, 11) is -3.36. The number of sulfonamides is 1. The van der Waals surface area contributed by atoms with Crippen molar-refractivity contribution in [2.45, 2.75) is 39.2 Å². The number of unbranched alkanes of at least 4 members (excludes halogenated alkanes) is 1. The number of nitrogens with one attached hydrogen (secondary N) is 1. The maximum Gasteiger partial charge on any atom is 0.239 e. The Bertz CT molecular complexity index is 276. The second-order valence-corrected chi connectivity index (χ2v) is 5.30. The van der Waals surface area contributed by atoms with E-state index in [1.54, 1.807) is 6.92 Å². The SMILES string of the molecule is CCCCS(=O)(=O)NC(CC)C(=O)Cl. The Morgan fingerprint density at radius 1 is 1.43 bits per heavy atom. The first-order chi connectivity index (χ1) is 6.43. The molecule has 0 amide bonds. The molecule has 0 radical (unpaired) electrons. The van der Waals surface area contributed by atoms with Crippen LogP contribution in [-0.4, -0.2) is 25.5 Å². The zero-order valence-electron chi connectivity index (χ0n) is 8.42. The van der Waals surface area contributed by atoms with Crippen LogP contribution >= 0.6 is 11.6 Å². The number of hydrogen-bond acceptors (Lipinski definition) is 3. The molecule has 1 N–H and O–H groups in total. The second-order valence-electron chi connectivity index (χ2n) is 3.06. The highest BCUT2D eigenvalue weighted by molar-refractivity contribution is 7.89. The lowest BCUT2D eigenvalue weighted by Gasteiger charge is -2.12. The zero-order valence-corrected chi connectivity index (χ0v) is 9.99. The summed E-state index contributed by atoms with van der Waals surface area (Å²) in [5.74, 6) is 0.0458. The van der Waals surface area contributed by atoms with Crippen LogP contribution in [0.2, 0.25) is 0 Å². The molecule has 6 heteroatoms. The Balaban J connectivity index is 4.26. The van der Waals surface area contributed by atoms with Crippen molar-refractivity contribution in [3.05, 3.63) is 0 Å². The standard InChI is InChI=1S/C8H16ClNO3S/c1-3-5-6-14(12,13)10-7(4-2)8(9)11/h7,10H,3-6H2,1-2H3. The number of rotatable bonds is 7. The summed E-state index contributed by atoms with van der Waals surface area (Å²) in [5, 5.41) is -0.660. The van der Waals surface area contributed by atoms with E-state index in [-0.39, 0.29) is 5.75 Å². The molecule has 0 aromatic heterocycles. The smallest absolute Gasteiger partial charge is 0.239 e. The van der Waals surface area contributed by atoms with Crippen molar-refractivity contribution in [3.63, 3.8) is 0 Å². The van der Waals surface area contributed by atoms with Crippen LogP contribution in [0.4, 0.5) is 0 Å². The van der Waals surface area contributed by atoms with Gasteiger partial charge in [-0.25, -0.2) is 13.1 Å². The summed E-state index contributed by atoms with van der Waals surface area (Å²) in [4.78, 5) is 10.8. The van der Waals surface area contributed by atoms with E-state index in [1.807, 2.05) is 6.92 Å². The summed E-state index contributed by atoms with van der Waals surface area (Å²) in [6.45, 7) is 3.60. The molecule has 0 aliphatic carbocycles. The molecule has 84 valence electrons. The molecule has 0 bridgehead atoms. The predicted octanol–water partition coefficient (Wildman–Crippen LogP) is 1.25. The molecule has 1 atom stereocenters. The highest BCUT2D eigenvalue weighted by Crippen LogP contribution is 2.01. The molecular formula is C8H16ClNO3S. The van der Waals surface area contributed by atoms with Gasteiger partial charge in [0.25, 0.3) is 0 Å². The van der Waals surface area contributed by atoms with E-state index in [0.717, 1.165) is 6.42 Å². The molecule has 0 aromatic rings. The fourth-order valence-corrected chi connectivity index (χ4v) is 2.67. The van der Waals surface area contributed by atoms with Crippen molar-refractivity contribution in [2.75, 3.05) is 5.75 Å². The maximum atomic E-state index is 11.3. The Morgan fingerprint density at radius 2 is 2.00 bits per heavy atom. The lowest BCUT2D eigenvalue weighted by atomic mass is 10.3. The van der Waals surface area contributed by atoms with Crippen LogP contribution in [0.5, 0.6) is 0 Å². The summed E-state index contributed by atoms with van der Waals surface area (Å²) in [5.41, 5.74) is 0. The van der Waals surface area contributed by atoms with Gasteiger partial charge in [0.15, 0.2) is 0 Å². The van der Waals surface area contributed by atoms with Crippen molar-refractivity contribution in [3.8, 4) is 0 Å². The Hall–Kier alpha value is -0.130. The Kier molecular flexibility index (Phi) is 6.31. The summed E-state index contributed by atoms with van der Waals surface area (Å²) < 4.78 is 25.0. The maximum absolute atomic E-state index is 11.3. The number of carbonyl (C=O) groups is 1. The van der Waals surface area contributed by atoms with E-state index in [1.165, 1.54) is 0 Å². The van der Waals surface area contributed by atoms with Gasteiger partial charge in [0.1, 0.15) is 0 Å². The first kappa shape index (κ1) is 13.9. The quantitative estimate of drug-likeness (QED) is 0.683. The van der Waals surface area contributed by atoms with E-state index in [2.05, 4.69) is 4.72 Å². The van der Waals surface area contributed by atoms with Gasteiger partial charge >= 0.3 is 0 Å². The monoisotopic (exact) mass is 241 g/mol. The van der Waals surface area contributed by atoms with Crippen molar-refractivity contribution >= 4 is 26.9 Å². The molecule has 14 heavy (non-hydrogen) atoms. The minimum atomic E-state index is -3.36. The molecule has 1 unspecified atom stereocenters. The van der Waals surface area contributed by atoms with E-state index in [9.17, 15) is 13.2 Å². The van der Waals surface area contributed by atoms with Crippen LogP contribution in [0.1, 0.15) is 33.1 Å². The van der Waals surface area contributed by atoms with E-state index < -0.39 is 21.3 Å². The van der Waals surface area contributed by atoms with E-state index in [4.69, 9.17) is 11.6 Å². The third-order valence-corrected chi connectivity index (χ3v) is 3.50. The summed E-state index contributed by atoms with van der Waals surface area (Å²) in [6.07, 6.45) is 1.75. The fraction of sp³-hybridized carbons (Fsp3) is 0.875. The van der Waals surface area contributed by atoms with Crippen LogP contribution < -0.4 is 4.72 Å². The molecule has 0 fully saturated rings. The van der Waals surface area contributed by atoms with Crippen LogP contribution in [-0.2, 0) is 14.8 Å². The predicted molar refractivity (Wildman–Crippen MR) is 56.8 cm³/mol. The molecular weight excluding hydrogens is 226 g/mol. The topological polar surface area (TPSA) is 63.2 Å². The molecule has 0 saturated carbocycles. The molecule has 0 rings (SSSR count). The first-order valence-corrected chi connectivity index (χ1v) is 6.65. The van der Waals surface area contributed by atoms with Gasteiger partial charge in [-0.15, -0.1) is 0 Å². The number of halogens is 1. The van der Waals surface area contributed by atoms with Crippen molar-refractivity contribution < 1.29 is 13.2 Å². The normalized spacial score (nSPS) is 13.9. The van der Waals surface area contributed by atoms with Crippen LogP contribution in [0.3, 0.4) is 0 Å². The van der Waals surface area contributed by atoms with Gasteiger partial charge in [0.2, 0.25) is 15.3 Å². The highest BCUT2D eigenvalue weighted by Gasteiger charge is 2.20. The summed E-state index contributed by atoms with van der Waals surface area (Å²) in [6, 6.07) is -0.793. The van der Waals surface area contributed by atoms with Gasteiger partial charge in [-0.2, -0.15) is 0 Å². The van der Waals surface area contributed by atoms with Crippen molar-refractivity contribution in [1.82, 2.24) is 4.72 Å². The molecule has 0 saturated heterocycles. The van der Waals surface area contributed by atoms with E-state index in [0.29, 0.717) is 12.8 Å². The minimum absolute atomic E-state index is 0.0458. The molecule has 4 nitrogen and oxygen atoms in total. The first-order valence-electron chi connectivity index (χ1n) is 4.62.